The van der Waals surface area contributed by atoms with E-state index in [1.54, 1.807) is 6.07 Å². The molecule has 0 aliphatic rings. The molecule has 0 aliphatic heterocycles. The normalized spacial score (nSPS) is 9.21. The van der Waals surface area contributed by atoms with Crippen molar-refractivity contribution < 1.29 is 9.53 Å². The van der Waals surface area contributed by atoms with E-state index in [0.29, 0.717) is 27.1 Å². The van der Waals surface area contributed by atoms with Crippen molar-refractivity contribution in [2.24, 2.45) is 0 Å². The summed E-state index contributed by atoms with van der Waals surface area (Å²) in [5.41, 5.74) is 0.375. The summed E-state index contributed by atoms with van der Waals surface area (Å²) in [7, 11) is 0. The Kier molecular flexibility index (Phi) is 3.99. The van der Waals surface area contributed by atoms with Gasteiger partial charge < -0.3 is 4.74 Å². The number of aldehydes is 1. The Bertz CT molecular complexity index is 396. The van der Waals surface area contributed by atoms with Crippen molar-refractivity contribution in [3.63, 3.8) is 0 Å². The fourth-order valence-electron chi connectivity index (χ4n) is 0.934. The molecule has 0 radical (unpaired) electrons. The van der Waals surface area contributed by atoms with E-state index in [4.69, 9.17) is 22.8 Å². The van der Waals surface area contributed by atoms with Gasteiger partial charge in [0, 0.05) is 5.02 Å². The molecule has 0 fully saturated rings. The number of benzene rings is 1. The summed E-state index contributed by atoms with van der Waals surface area (Å²) >= 11 is 8.98. The van der Waals surface area contributed by atoms with Gasteiger partial charge in [0.2, 0.25) is 0 Å². The average molecular weight is 274 g/mol. The maximum absolute atomic E-state index is 10.7. The van der Waals surface area contributed by atoms with Crippen LogP contribution in [0.1, 0.15) is 10.4 Å². The summed E-state index contributed by atoms with van der Waals surface area (Å²) in [5.74, 6) is 2.74. The number of carbonyl (C=O) groups excluding carboxylic acids is 1. The molecule has 0 unspecified atom stereocenters. The zero-order valence-corrected chi connectivity index (χ0v) is 9.43. The van der Waals surface area contributed by atoms with Crippen LogP contribution in [-0.4, -0.2) is 12.9 Å². The summed E-state index contributed by atoms with van der Waals surface area (Å²) < 4.78 is 5.80. The highest BCUT2D eigenvalue weighted by Gasteiger charge is 2.08. The van der Waals surface area contributed by atoms with E-state index in [1.807, 2.05) is 0 Å². The number of hydrogen-bond donors (Lipinski definition) is 0. The standard InChI is InChI=1S/C10H6BrClO2/c1-2-3-14-10-7(6-13)4-8(12)5-9(10)11/h1,4-6H,3H2. The first-order valence-corrected chi connectivity index (χ1v) is 4.86. The van der Waals surface area contributed by atoms with Gasteiger partial charge in [-0.05, 0) is 28.1 Å². The number of ether oxygens (including phenoxy) is 1. The van der Waals surface area contributed by atoms with Crippen molar-refractivity contribution in [3.05, 3.63) is 27.2 Å². The molecule has 1 aromatic carbocycles. The summed E-state index contributed by atoms with van der Waals surface area (Å²) in [4.78, 5) is 10.7. The first-order valence-electron chi connectivity index (χ1n) is 3.69. The monoisotopic (exact) mass is 272 g/mol. The third-order valence-corrected chi connectivity index (χ3v) is 2.27. The molecule has 0 atom stereocenters. The Morgan fingerprint density at radius 1 is 1.64 bits per heavy atom. The van der Waals surface area contributed by atoms with Crippen molar-refractivity contribution in [2.45, 2.75) is 0 Å². The summed E-state index contributed by atoms with van der Waals surface area (Å²) in [6, 6.07) is 3.16. The minimum absolute atomic E-state index is 0.112. The largest absolute Gasteiger partial charge is 0.479 e. The lowest BCUT2D eigenvalue weighted by Gasteiger charge is -2.08. The van der Waals surface area contributed by atoms with E-state index < -0.39 is 0 Å². The van der Waals surface area contributed by atoms with E-state index in [1.165, 1.54) is 6.07 Å². The van der Waals surface area contributed by atoms with Crippen LogP contribution >= 0.6 is 27.5 Å². The molecule has 0 N–H and O–H groups in total. The lowest BCUT2D eigenvalue weighted by Crippen LogP contribution is -1.98. The Morgan fingerprint density at radius 3 is 2.93 bits per heavy atom. The highest BCUT2D eigenvalue weighted by Crippen LogP contribution is 2.31. The first kappa shape index (κ1) is 11.1. The molecule has 1 aromatic rings. The first-order chi connectivity index (χ1) is 6.69. The van der Waals surface area contributed by atoms with Crippen LogP contribution in [0.25, 0.3) is 0 Å². The maximum atomic E-state index is 10.7. The topological polar surface area (TPSA) is 26.3 Å². The van der Waals surface area contributed by atoms with Gasteiger partial charge >= 0.3 is 0 Å². The molecule has 0 bridgehead atoms. The summed E-state index contributed by atoms with van der Waals surface area (Å²) in [6.07, 6.45) is 5.71. The molecule has 0 saturated heterocycles. The van der Waals surface area contributed by atoms with Crippen LogP contribution in [0.5, 0.6) is 5.75 Å². The predicted molar refractivity (Wildman–Crippen MR) is 58.9 cm³/mol. The van der Waals surface area contributed by atoms with Crippen LogP contribution < -0.4 is 4.74 Å². The molecule has 0 aliphatic carbocycles. The van der Waals surface area contributed by atoms with Crippen LogP contribution in [0.4, 0.5) is 0 Å². The summed E-state index contributed by atoms with van der Waals surface area (Å²) in [6.45, 7) is 0.112. The molecule has 0 amide bonds. The number of carbonyl (C=O) groups is 1. The molecular formula is C10H6BrClO2. The molecule has 0 aromatic heterocycles. The molecule has 1 rings (SSSR count). The number of hydrogen-bond acceptors (Lipinski definition) is 2. The maximum Gasteiger partial charge on any atom is 0.153 e. The Balaban J connectivity index is 3.13. The van der Waals surface area contributed by atoms with E-state index in [2.05, 4.69) is 21.9 Å². The van der Waals surface area contributed by atoms with Gasteiger partial charge in [-0.3, -0.25) is 4.79 Å². The van der Waals surface area contributed by atoms with Crippen LogP contribution in [-0.2, 0) is 0 Å². The fourth-order valence-corrected chi connectivity index (χ4v) is 1.88. The van der Waals surface area contributed by atoms with Gasteiger partial charge in [0.05, 0.1) is 10.0 Å². The Labute approximate surface area is 95.3 Å². The summed E-state index contributed by atoms with van der Waals surface area (Å²) in [5, 5.41) is 0.465. The Hall–Kier alpha value is -0.980. The van der Waals surface area contributed by atoms with Crippen molar-refractivity contribution in [3.8, 4) is 18.1 Å². The minimum atomic E-state index is 0.112. The highest BCUT2D eigenvalue weighted by molar-refractivity contribution is 9.10. The van der Waals surface area contributed by atoms with Gasteiger partial charge in [0.25, 0.3) is 0 Å². The number of rotatable bonds is 3. The second-order valence-corrected chi connectivity index (χ2v) is 3.71. The van der Waals surface area contributed by atoms with Gasteiger partial charge in [-0.15, -0.1) is 6.42 Å². The number of terminal acetylenes is 1. The second kappa shape index (κ2) is 5.04. The third kappa shape index (κ3) is 2.50. The van der Waals surface area contributed by atoms with E-state index in [0.717, 1.165) is 0 Å². The highest BCUT2D eigenvalue weighted by atomic mass is 79.9. The zero-order valence-electron chi connectivity index (χ0n) is 7.09. The SMILES string of the molecule is C#CCOc1c(Br)cc(Cl)cc1C=O. The quantitative estimate of drug-likeness (QED) is 0.625. The van der Waals surface area contributed by atoms with Crippen LogP contribution in [0.3, 0.4) is 0 Å². The molecule has 14 heavy (non-hydrogen) atoms. The number of halogens is 2. The molecule has 2 nitrogen and oxygen atoms in total. The van der Waals surface area contributed by atoms with Crippen molar-refractivity contribution in [2.75, 3.05) is 6.61 Å². The van der Waals surface area contributed by atoms with Crippen molar-refractivity contribution >= 4 is 33.8 Å². The molecule has 4 heteroatoms. The van der Waals surface area contributed by atoms with Crippen molar-refractivity contribution in [1.29, 1.82) is 0 Å². The zero-order chi connectivity index (χ0) is 10.6. The Morgan fingerprint density at radius 2 is 2.36 bits per heavy atom. The van der Waals surface area contributed by atoms with Gasteiger partial charge in [-0.25, -0.2) is 0 Å². The lowest BCUT2D eigenvalue weighted by atomic mass is 10.2. The van der Waals surface area contributed by atoms with E-state index in [9.17, 15) is 4.79 Å². The molecule has 0 saturated carbocycles. The molecule has 0 heterocycles. The van der Waals surface area contributed by atoms with Crippen LogP contribution in [0, 0.1) is 12.3 Å². The van der Waals surface area contributed by atoms with Gasteiger partial charge in [-0.1, -0.05) is 17.5 Å². The molecular weight excluding hydrogens is 267 g/mol. The smallest absolute Gasteiger partial charge is 0.153 e. The average Bonchev–Trinajstić information content (AvgIpc) is 2.15. The van der Waals surface area contributed by atoms with Crippen LogP contribution in [0.2, 0.25) is 5.02 Å². The van der Waals surface area contributed by atoms with Gasteiger partial charge in [0.1, 0.15) is 12.4 Å². The van der Waals surface area contributed by atoms with Crippen LogP contribution in [0.15, 0.2) is 16.6 Å². The third-order valence-electron chi connectivity index (χ3n) is 1.46. The van der Waals surface area contributed by atoms with Gasteiger partial charge in [0.15, 0.2) is 6.29 Å². The minimum Gasteiger partial charge on any atom is -0.479 e. The van der Waals surface area contributed by atoms with Gasteiger partial charge in [-0.2, -0.15) is 0 Å². The lowest BCUT2D eigenvalue weighted by molar-refractivity contribution is 0.112. The molecule has 0 spiro atoms. The van der Waals surface area contributed by atoms with Crippen molar-refractivity contribution in [1.82, 2.24) is 0 Å². The predicted octanol–water partition coefficient (Wildman–Crippen LogP) is 2.93. The fraction of sp³-hybridized carbons (Fsp3) is 0.100. The van der Waals surface area contributed by atoms with E-state index in [-0.39, 0.29) is 6.61 Å². The second-order valence-electron chi connectivity index (χ2n) is 2.42. The molecule has 72 valence electrons. The van der Waals surface area contributed by atoms with E-state index >= 15 is 0 Å².